The molecule has 0 saturated heterocycles. The van der Waals surface area contributed by atoms with Crippen LogP contribution in [0.5, 0.6) is 5.75 Å². The van der Waals surface area contributed by atoms with Crippen molar-refractivity contribution >= 4 is 22.9 Å². The molecule has 6 heteroatoms. The molecule has 1 unspecified atom stereocenters. The molecule has 2 N–H and O–H groups in total. The lowest BCUT2D eigenvalue weighted by Gasteiger charge is -2.24. The van der Waals surface area contributed by atoms with Gasteiger partial charge < -0.3 is 15.2 Å². The zero-order valence-electron chi connectivity index (χ0n) is 12.3. The second kappa shape index (κ2) is 7.05. The number of nitrogens with zero attached hydrogens (tertiary/aromatic N) is 1. The van der Waals surface area contributed by atoms with Gasteiger partial charge in [-0.25, -0.2) is 9.79 Å². The predicted octanol–water partition coefficient (Wildman–Crippen LogP) is 2.42. The van der Waals surface area contributed by atoms with Gasteiger partial charge in [0.2, 0.25) is 0 Å². The van der Waals surface area contributed by atoms with Gasteiger partial charge in [0.25, 0.3) is 0 Å². The molecule has 0 saturated carbocycles. The fourth-order valence-electron chi connectivity index (χ4n) is 2.14. The number of nitrogens with one attached hydrogen (secondary N) is 1. The highest BCUT2D eigenvalue weighted by atomic mass is 32.2. The van der Waals surface area contributed by atoms with Crippen LogP contribution in [0.25, 0.3) is 0 Å². The minimum atomic E-state index is -0.990. The molecular formula is C16H16N2O3S. The smallest absolute Gasteiger partial charge is 0.335 e. The average molecular weight is 316 g/mol. The lowest BCUT2D eigenvalue weighted by molar-refractivity contribution is -0.133. The number of carbonyl (C=O) groups is 1. The van der Waals surface area contributed by atoms with Crippen LogP contribution < -0.4 is 10.1 Å². The molecule has 0 fully saturated rings. The number of amidine groups is 1. The van der Waals surface area contributed by atoms with Gasteiger partial charge in [0.1, 0.15) is 11.8 Å². The first-order valence-electron chi connectivity index (χ1n) is 6.56. The number of hydrogen-bond donors (Lipinski definition) is 2. The molecule has 2 rings (SSSR count). The first-order chi connectivity index (χ1) is 10.6. The van der Waals surface area contributed by atoms with E-state index in [1.807, 2.05) is 12.1 Å². The number of hydrogen-bond acceptors (Lipinski definition) is 5. The van der Waals surface area contributed by atoms with E-state index in [1.54, 1.807) is 26.2 Å². The summed E-state index contributed by atoms with van der Waals surface area (Å²) in [5.41, 5.74) is 1.59. The van der Waals surface area contributed by atoms with Crippen LogP contribution in [0.15, 0.2) is 40.5 Å². The Balaban J connectivity index is 2.40. The standard InChI is InChI=1S/C16H16N2O3S/c1-4-9-22-16-17-10(2)13(15(19)20)14(18-16)11-5-7-12(21-3)8-6-11/h1,5-8,14H,9H2,2-3H3,(H,17,18)(H,19,20). The highest BCUT2D eigenvalue weighted by molar-refractivity contribution is 8.14. The van der Waals surface area contributed by atoms with E-state index in [2.05, 4.69) is 16.2 Å². The number of carboxylic acid groups (broad SMARTS) is 1. The maximum absolute atomic E-state index is 11.6. The van der Waals surface area contributed by atoms with E-state index in [1.165, 1.54) is 11.8 Å². The van der Waals surface area contributed by atoms with E-state index in [4.69, 9.17) is 11.2 Å². The SMILES string of the molecule is C#CCSC1=NC(c2ccc(OC)cc2)C(C(=O)O)=C(C)N1. The number of thioether (sulfide) groups is 1. The Hall–Kier alpha value is -2.39. The van der Waals surface area contributed by atoms with Gasteiger partial charge in [-0.15, -0.1) is 6.42 Å². The van der Waals surface area contributed by atoms with Crippen molar-refractivity contribution in [1.82, 2.24) is 5.32 Å². The van der Waals surface area contributed by atoms with Crippen LogP contribution in [0.1, 0.15) is 18.5 Å². The molecule has 0 radical (unpaired) electrons. The van der Waals surface area contributed by atoms with Crippen molar-refractivity contribution in [2.75, 3.05) is 12.9 Å². The van der Waals surface area contributed by atoms with Gasteiger partial charge in [-0.2, -0.15) is 0 Å². The quantitative estimate of drug-likeness (QED) is 0.835. The summed E-state index contributed by atoms with van der Waals surface area (Å²) in [4.78, 5) is 16.1. The van der Waals surface area contributed by atoms with E-state index in [-0.39, 0.29) is 5.57 Å². The number of methoxy groups -OCH3 is 1. The van der Waals surface area contributed by atoms with E-state index in [0.29, 0.717) is 22.4 Å². The van der Waals surface area contributed by atoms with Crippen LogP contribution >= 0.6 is 11.8 Å². The fraction of sp³-hybridized carbons (Fsp3) is 0.250. The molecule has 1 atom stereocenters. The Bertz CT molecular complexity index is 672. The number of carboxylic acids is 1. The molecule has 114 valence electrons. The van der Waals surface area contributed by atoms with Gasteiger partial charge in [0.05, 0.1) is 18.4 Å². The lowest BCUT2D eigenvalue weighted by atomic mass is 9.97. The van der Waals surface area contributed by atoms with Gasteiger partial charge in [-0.3, -0.25) is 0 Å². The van der Waals surface area contributed by atoms with Gasteiger partial charge in [-0.1, -0.05) is 29.8 Å². The van der Waals surface area contributed by atoms with Crippen LogP contribution in [-0.2, 0) is 4.79 Å². The first-order valence-corrected chi connectivity index (χ1v) is 7.54. The maximum Gasteiger partial charge on any atom is 0.335 e. The molecule has 0 bridgehead atoms. The molecule has 0 aliphatic carbocycles. The van der Waals surface area contributed by atoms with Crippen molar-refractivity contribution in [3.8, 4) is 18.1 Å². The topological polar surface area (TPSA) is 70.9 Å². The lowest BCUT2D eigenvalue weighted by Crippen LogP contribution is -2.29. The van der Waals surface area contributed by atoms with Gasteiger partial charge in [-0.05, 0) is 24.6 Å². The summed E-state index contributed by atoms with van der Waals surface area (Å²) in [6, 6.07) is 6.65. The summed E-state index contributed by atoms with van der Waals surface area (Å²) in [5, 5.41) is 13.1. The third kappa shape index (κ3) is 3.43. The van der Waals surface area contributed by atoms with Crippen molar-refractivity contribution in [3.63, 3.8) is 0 Å². The molecule has 1 heterocycles. The second-order valence-corrected chi connectivity index (χ2v) is 5.54. The summed E-state index contributed by atoms with van der Waals surface area (Å²) < 4.78 is 5.12. The molecule has 22 heavy (non-hydrogen) atoms. The summed E-state index contributed by atoms with van der Waals surface area (Å²) in [5.74, 6) is 2.71. The van der Waals surface area contributed by atoms with E-state index in [9.17, 15) is 9.90 Å². The molecule has 5 nitrogen and oxygen atoms in total. The van der Waals surface area contributed by atoms with Crippen LogP contribution in [0.4, 0.5) is 0 Å². The van der Waals surface area contributed by atoms with E-state index >= 15 is 0 Å². The number of rotatable bonds is 4. The Morgan fingerprint density at radius 1 is 1.50 bits per heavy atom. The largest absolute Gasteiger partial charge is 0.497 e. The molecule has 1 aromatic rings. The average Bonchev–Trinajstić information content (AvgIpc) is 2.52. The highest BCUT2D eigenvalue weighted by Crippen LogP contribution is 2.32. The summed E-state index contributed by atoms with van der Waals surface area (Å²) >= 11 is 1.37. The van der Waals surface area contributed by atoms with Crippen LogP contribution in [0.2, 0.25) is 0 Å². The monoisotopic (exact) mass is 316 g/mol. The summed E-state index contributed by atoms with van der Waals surface area (Å²) in [7, 11) is 1.58. The zero-order chi connectivity index (χ0) is 16.1. The number of aliphatic carboxylic acids is 1. The number of aliphatic imine (C=N–C) groups is 1. The number of allylic oxidation sites excluding steroid dienone is 1. The minimum Gasteiger partial charge on any atom is -0.497 e. The Labute approximate surface area is 133 Å². The van der Waals surface area contributed by atoms with Gasteiger partial charge in [0, 0.05) is 5.70 Å². The van der Waals surface area contributed by atoms with Crippen molar-refractivity contribution < 1.29 is 14.6 Å². The molecule has 1 aliphatic rings. The molecular weight excluding hydrogens is 300 g/mol. The fourth-order valence-corrected chi connectivity index (χ4v) is 2.76. The van der Waals surface area contributed by atoms with Crippen molar-refractivity contribution in [2.24, 2.45) is 4.99 Å². The Morgan fingerprint density at radius 3 is 2.73 bits per heavy atom. The normalized spacial score (nSPS) is 17.3. The molecule has 0 aromatic heterocycles. The molecule has 1 aromatic carbocycles. The highest BCUT2D eigenvalue weighted by Gasteiger charge is 2.29. The van der Waals surface area contributed by atoms with Crippen LogP contribution in [-0.4, -0.2) is 29.1 Å². The predicted molar refractivity (Wildman–Crippen MR) is 87.9 cm³/mol. The zero-order valence-corrected chi connectivity index (χ0v) is 13.1. The Morgan fingerprint density at radius 2 is 2.18 bits per heavy atom. The third-order valence-corrected chi connectivity index (χ3v) is 3.96. The van der Waals surface area contributed by atoms with Crippen LogP contribution in [0, 0.1) is 12.3 Å². The minimum absolute atomic E-state index is 0.232. The molecule has 1 aliphatic heterocycles. The van der Waals surface area contributed by atoms with Gasteiger partial charge >= 0.3 is 5.97 Å². The molecule has 0 amide bonds. The van der Waals surface area contributed by atoms with Crippen molar-refractivity contribution in [1.29, 1.82) is 0 Å². The van der Waals surface area contributed by atoms with Gasteiger partial charge in [0.15, 0.2) is 5.17 Å². The molecule has 0 spiro atoms. The van der Waals surface area contributed by atoms with Crippen molar-refractivity contribution in [2.45, 2.75) is 13.0 Å². The van der Waals surface area contributed by atoms with Crippen molar-refractivity contribution in [3.05, 3.63) is 41.1 Å². The number of terminal acetylenes is 1. The van der Waals surface area contributed by atoms with E-state index in [0.717, 1.165) is 5.56 Å². The maximum atomic E-state index is 11.6. The van der Waals surface area contributed by atoms with Crippen LogP contribution in [0.3, 0.4) is 0 Å². The van der Waals surface area contributed by atoms with E-state index < -0.39 is 12.0 Å². The first kappa shape index (κ1) is 16.0. The second-order valence-electron chi connectivity index (χ2n) is 4.57. The third-order valence-electron chi connectivity index (χ3n) is 3.17. The number of benzene rings is 1. The summed E-state index contributed by atoms with van der Waals surface area (Å²) in [6.07, 6.45) is 5.26. The summed E-state index contributed by atoms with van der Waals surface area (Å²) in [6.45, 7) is 1.73. The Kier molecular flexibility index (Phi) is 5.12. The number of ether oxygens (including phenoxy) is 1.